The van der Waals surface area contributed by atoms with Crippen molar-refractivity contribution in [1.29, 1.82) is 0 Å². The molecule has 1 amide bonds. The standard InChI is InChI=1S/C16H24N2O2/c1-20-14(13-8-4-2-5-9-13)12-18-15(19)16(17)10-6-3-7-11-16/h2,4-5,8-9,14H,3,6-7,10-12,17H2,1H3,(H,18,19). The second-order valence-electron chi connectivity index (χ2n) is 5.56. The second kappa shape index (κ2) is 6.86. The third kappa shape index (κ3) is 3.58. The number of hydrogen-bond donors (Lipinski definition) is 2. The minimum absolute atomic E-state index is 0.0461. The highest BCUT2D eigenvalue weighted by Crippen LogP contribution is 2.26. The van der Waals surface area contributed by atoms with Gasteiger partial charge < -0.3 is 15.8 Å². The number of nitrogens with one attached hydrogen (secondary N) is 1. The number of benzene rings is 1. The summed E-state index contributed by atoms with van der Waals surface area (Å²) in [5.74, 6) is -0.0461. The van der Waals surface area contributed by atoms with Crippen LogP contribution in [0.5, 0.6) is 0 Å². The topological polar surface area (TPSA) is 64.3 Å². The summed E-state index contributed by atoms with van der Waals surface area (Å²) in [6.45, 7) is 0.457. The van der Waals surface area contributed by atoms with Gasteiger partial charge in [-0.3, -0.25) is 4.79 Å². The Hall–Kier alpha value is -1.39. The molecule has 1 aliphatic rings. The smallest absolute Gasteiger partial charge is 0.240 e. The van der Waals surface area contributed by atoms with Crippen LogP contribution in [-0.2, 0) is 9.53 Å². The average molecular weight is 276 g/mol. The lowest BCUT2D eigenvalue weighted by atomic mass is 9.82. The summed E-state index contributed by atoms with van der Waals surface area (Å²) in [7, 11) is 1.66. The van der Waals surface area contributed by atoms with Crippen molar-refractivity contribution in [1.82, 2.24) is 5.32 Å². The van der Waals surface area contributed by atoms with Gasteiger partial charge in [0.2, 0.25) is 5.91 Å². The van der Waals surface area contributed by atoms with E-state index >= 15 is 0 Å². The van der Waals surface area contributed by atoms with E-state index in [9.17, 15) is 4.79 Å². The molecule has 1 unspecified atom stereocenters. The first kappa shape index (κ1) is 15.0. The summed E-state index contributed by atoms with van der Waals surface area (Å²) in [6.07, 6.45) is 4.68. The van der Waals surface area contributed by atoms with Gasteiger partial charge in [-0.2, -0.15) is 0 Å². The van der Waals surface area contributed by atoms with E-state index in [4.69, 9.17) is 10.5 Å². The van der Waals surface area contributed by atoms with Gasteiger partial charge in [-0.25, -0.2) is 0 Å². The second-order valence-corrected chi connectivity index (χ2v) is 5.56. The zero-order valence-corrected chi connectivity index (χ0v) is 12.1. The Morgan fingerprint density at radius 2 is 1.95 bits per heavy atom. The Morgan fingerprint density at radius 1 is 1.30 bits per heavy atom. The van der Waals surface area contributed by atoms with Crippen molar-refractivity contribution in [3.63, 3.8) is 0 Å². The number of ether oxygens (including phenoxy) is 1. The molecule has 1 aliphatic carbocycles. The van der Waals surface area contributed by atoms with E-state index in [2.05, 4.69) is 5.32 Å². The normalized spacial score (nSPS) is 19.3. The molecule has 20 heavy (non-hydrogen) atoms. The molecule has 0 aromatic heterocycles. The molecule has 1 saturated carbocycles. The quantitative estimate of drug-likeness (QED) is 0.866. The molecule has 1 aromatic rings. The molecule has 0 spiro atoms. The summed E-state index contributed by atoms with van der Waals surface area (Å²) in [6, 6.07) is 9.90. The monoisotopic (exact) mass is 276 g/mol. The Labute approximate surface area is 120 Å². The molecule has 0 bridgehead atoms. The molecule has 0 aliphatic heterocycles. The van der Waals surface area contributed by atoms with Gasteiger partial charge in [0, 0.05) is 13.7 Å². The predicted molar refractivity (Wildman–Crippen MR) is 79.2 cm³/mol. The van der Waals surface area contributed by atoms with Gasteiger partial charge >= 0.3 is 0 Å². The summed E-state index contributed by atoms with van der Waals surface area (Å²) in [5.41, 5.74) is 6.59. The van der Waals surface area contributed by atoms with Crippen LogP contribution in [0.1, 0.15) is 43.8 Å². The van der Waals surface area contributed by atoms with E-state index in [1.165, 1.54) is 6.42 Å². The number of carbonyl (C=O) groups excluding carboxylic acids is 1. The number of methoxy groups -OCH3 is 1. The van der Waals surface area contributed by atoms with Gasteiger partial charge in [0.1, 0.15) is 0 Å². The Morgan fingerprint density at radius 3 is 2.55 bits per heavy atom. The van der Waals surface area contributed by atoms with Crippen molar-refractivity contribution in [2.75, 3.05) is 13.7 Å². The van der Waals surface area contributed by atoms with E-state index in [1.54, 1.807) is 7.11 Å². The van der Waals surface area contributed by atoms with Gasteiger partial charge in [-0.15, -0.1) is 0 Å². The summed E-state index contributed by atoms with van der Waals surface area (Å²) in [5, 5.41) is 2.95. The fraction of sp³-hybridized carbons (Fsp3) is 0.562. The molecule has 0 saturated heterocycles. The molecular formula is C16H24N2O2. The Kier molecular flexibility index (Phi) is 5.15. The lowest BCUT2D eigenvalue weighted by Gasteiger charge is -2.32. The number of rotatable bonds is 5. The first-order valence-corrected chi connectivity index (χ1v) is 7.31. The van der Waals surface area contributed by atoms with Crippen LogP contribution in [-0.4, -0.2) is 25.1 Å². The van der Waals surface area contributed by atoms with Crippen molar-refractivity contribution in [2.45, 2.75) is 43.7 Å². The number of nitrogens with two attached hydrogens (primary N) is 1. The zero-order valence-electron chi connectivity index (χ0n) is 12.1. The first-order chi connectivity index (χ1) is 9.65. The average Bonchev–Trinajstić information content (AvgIpc) is 2.49. The third-order valence-corrected chi connectivity index (χ3v) is 4.10. The van der Waals surface area contributed by atoms with E-state index in [-0.39, 0.29) is 12.0 Å². The lowest BCUT2D eigenvalue weighted by Crippen LogP contribution is -2.55. The van der Waals surface area contributed by atoms with Crippen LogP contribution < -0.4 is 11.1 Å². The Bertz CT molecular complexity index is 427. The number of carbonyl (C=O) groups is 1. The van der Waals surface area contributed by atoms with Crippen LogP contribution in [0.15, 0.2) is 30.3 Å². The molecule has 1 aromatic carbocycles. The van der Waals surface area contributed by atoms with Gasteiger partial charge in [0.05, 0.1) is 11.6 Å². The molecule has 1 atom stereocenters. The fourth-order valence-corrected chi connectivity index (χ4v) is 2.78. The molecule has 0 radical (unpaired) electrons. The van der Waals surface area contributed by atoms with Crippen LogP contribution in [0.3, 0.4) is 0 Å². The summed E-state index contributed by atoms with van der Waals surface area (Å²) < 4.78 is 5.45. The van der Waals surface area contributed by atoms with Crippen LogP contribution >= 0.6 is 0 Å². The minimum atomic E-state index is -0.687. The predicted octanol–water partition coefficient (Wildman–Crippen LogP) is 2.15. The van der Waals surface area contributed by atoms with Crippen LogP contribution in [0.4, 0.5) is 0 Å². The number of amides is 1. The summed E-state index contributed by atoms with van der Waals surface area (Å²) in [4.78, 5) is 12.3. The highest BCUT2D eigenvalue weighted by atomic mass is 16.5. The molecule has 4 nitrogen and oxygen atoms in total. The molecule has 4 heteroatoms. The SMILES string of the molecule is COC(CNC(=O)C1(N)CCCCC1)c1ccccc1. The Balaban J connectivity index is 1.91. The maximum absolute atomic E-state index is 12.3. The zero-order chi connectivity index (χ0) is 14.4. The van der Waals surface area contributed by atoms with E-state index in [0.29, 0.717) is 6.54 Å². The first-order valence-electron chi connectivity index (χ1n) is 7.31. The van der Waals surface area contributed by atoms with E-state index < -0.39 is 5.54 Å². The van der Waals surface area contributed by atoms with Crippen molar-refractivity contribution in [3.05, 3.63) is 35.9 Å². The molecule has 2 rings (SSSR count). The van der Waals surface area contributed by atoms with Gasteiger partial charge in [0.15, 0.2) is 0 Å². The molecule has 110 valence electrons. The largest absolute Gasteiger partial charge is 0.375 e. The minimum Gasteiger partial charge on any atom is -0.375 e. The van der Waals surface area contributed by atoms with E-state index in [1.807, 2.05) is 30.3 Å². The molecular weight excluding hydrogens is 252 g/mol. The maximum atomic E-state index is 12.3. The van der Waals surface area contributed by atoms with E-state index in [0.717, 1.165) is 31.2 Å². The van der Waals surface area contributed by atoms with Crippen molar-refractivity contribution in [3.8, 4) is 0 Å². The fourth-order valence-electron chi connectivity index (χ4n) is 2.78. The van der Waals surface area contributed by atoms with Crippen molar-refractivity contribution >= 4 is 5.91 Å². The molecule has 1 fully saturated rings. The number of hydrogen-bond acceptors (Lipinski definition) is 3. The highest BCUT2D eigenvalue weighted by molar-refractivity contribution is 5.86. The highest BCUT2D eigenvalue weighted by Gasteiger charge is 2.35. The van der Waals surface area contributed by atoms with Gasteiger partial charge in [0.25, 0.3) is 0 Å². The van der Waals surface area contributed by atoms with Crippen molar-refractivity contribution < 1.29 is 9.53 Å². The van der Waals surface area contributed by atoms with Gasteiger partial charge in [-0.05, 0) is 18.4 Å². The molecule has 3 N–H and O–H groups in total. The van der Waals surface area contributed by atoms with Crippen LogP contribution in [0.25, 0.3) is 0 Å². The summed E-state index contributed by atoms with van der Waals surface area (Å²) >= 11 is 0. The van der Waals surface area contributed by atoms with Gasteiger partial charge in [-0.1, -0.05) is 49.6 Å². The van der Waals surface area contributed by atoms with Crippen LogP contribution in [0.2, 0.25) is 0 Å². The third-order valence-electron chi connectivity index (χ3n) is 4.10. The molecule has 0 heterocycles. The lowest BCUT2D eigenvalue weighted by molar-refractivity contribution is -0.128. The van der Waals surface area contributed by atoms with Crippen LogP contribution in [0, 0.1) is 0 Å². The van der Waals surface area contributed by atoms with Crippen molar-refractivity contribution in [2.24, 2.45) is 5.73 Å². The maximum Gasteiger partial charge on any atom is 0.240 e.